The minimum atomic E-state index is 0.282. The molecular formula is C16H21N3O. The molecule has 0 saturated heterocycles. The van der Waals surface area contributed by atoms with Crippen molar-refractivity contribution in [1.29, 1.82) is 0 Å². The van der Waals surface area contributed by atoms with E-state index in [-0.39, 0.29) is 5.92 Å². The number of benzene rings is 1. The van der Waals surface area contributed by atoms with Crippen molar-refractivity contribution in [3.05, 3.63) is 41.7 Å². The van der Waals surface area contributed by atoms with Crippen molar-refractivity contribution in [3.63, 3.8) is 0 Å². The molecular weight excluding hydrogens is 250 g/mol. The predicted molar refractivity (Wildman–Crippen MR) is 81.5 cm³/mol. The molecule has 0 saturated carbocycles. The molecule has 1 N–H and O–H groups in total. The second-order valence-corrected chi connectivity index (χ2v) is 4.99. The number of ether oxygens (including phenoxy) is 1. The number of anilines is 1. The lowest BCUT2D eigenvalue weighted by atomic mass is 10.1. The van der Waals surface area contributed by atoms with E-state index < -0.39 is 0 Å². The molecule has 1 aromatic carbocycles. The van der Waals surface area contributed by atoms with Crippen LogP contribution in [-0.4, -0.2) is 16.5 Å². The van der Waals surface area contributed by atoms with Gasteiger partial charge in [-0.2, -0.15) is 0 Å². The number of nitrogens with zero attached hydrogens (tertiary/aromatic N) is 2. The predicted octanol–water partition coefficient (Wildman–Crippen LogP) is 4.13. The van der Waals surface area contributed by atoms with Crippen molar-refractivity contribution < 1.29 is 4.74 Å². The smallest absolute Gasteiger partial charge is 0.227 e. The molecule has 0 spiro atoms. The van der Waals surface area contributed by atoms with Crippen molar-refractivity contribution in [3.8, 4) is 11.6 Å². The van der Waals surface area contributed by atoms with Gasteiger partial charge in [-0.25, -0.2) is 9.97 Å². The van der Waals surface area contributed by atoms with Gasteiger partial charge >= 0.3 is 0 Å². The van der Waals surface area contributed by atoms with E-state index in [0.29, 0.717) is 5.88 Å². The molecule has 1 heterocycles. The Labute approximate surface area is 120 Å². The summed E-state index contributed by atoms with van der Waals surface area (Å²) in [6.07, 6.45) is 1.54. The zero-order valence-corrected chi connectivity index (χ0v) is 12.5. The van der Waals surface area contributed by atoms with Crippen molar-refractivity contribution >= 4 is 5.82 Å². The van der Waals surface area contributed by atoms with Crippen LogP contribution in [0.25, 0.3) is 0 Å². The van der Waals surface area contributed by atoms with Crippen LogP contribution in [-0.2, 0) is 0 Å². The standard InChI is InChI=1S/C16H21N3O/c1-5-17-15-14(11(2)3)16(19-10-18-15)20-13-9-7-6-8-12(13)4/h6-11H,5H2,1-4H3,(H,17,18,19). The van der Waals surface area contributed by atoms with Crippen LogP contribution in [0.1, 0.15) is 37.8 Å². The molecule has 1 aromatic heterocycles. The summed E-state index contributed by atoms with van der Waals surface area (Å²) in [6.45, 7) is 9.12. The summed E-state index contributed by atoms with van der Waals surface area (Å²) in [7, 11) is 0. The molecule has 2 aromatic rings. The summed E-state index contributed by atoms with van der Waals surface area (Å²) in [5, 5.41) is 3.27. The Kier molecular flexibility index (Phi) is 4.56. The van der Waals surface area contributed by atoms with E-state index in [4.69, 9.17) is 4.74 Å². The van der Waals surface area contributed by atoms with E-state index in [1.807, 2.05) is 38.1 Å². The fraction of sp³-hybridized carbons (Fsp3) is 0.375. The SMILES string of the molecule is CCNc1ncnc(Oc2ccccc2C)c1C(C)C. The van der Waals surface area contributed by atoms with Crippen molar-refractivity contribution in [2.75, 3.05) is 11.9 Å². The Morgan fingerprint density at radius 1 is 1.20 bits per heavy atom. The molecule has 0 aliphatic carbocycles. The zero-order chi connectivity index (χ0) is 14.5. The highest BCUT2D eigenvalue weighted by Crippen LogP contribution is 2.33. The first-order valence-electron chi connectivity index (χ1n) is 6.95. The molecule has 4 nitrogen and oxygen atoms in total. The second-order valence-electron chi connectivity index (χ2n) is 4.99. The van der Waals surface area contributed by atoms with Crippen LogP contribution in [0.5, 0.6) is 11.6 Å². The van der Waals surface area contributed by atoms with Gasteiger partial charge < -0.3 is 10.1 Å². The zero-order valence-electron chi connectivity index (χ0n) is 12.5. The van der Waals surface area contributed by atoms with Crippen LogP contribution >= 0.6 is 0 Å². The van der Waals surface area contributed by atoms with E-state index in [1.54, 1.807) is 0 Å². The highest BCUT2D eigenvalue weighted by molar-refractivity contribution is 5.51. The summed E-state index contributed by atoms with van der Waals surface area (Å²) in [5.41, 5.74) is 2.10. The van der Waals surface area contributed by atoms with Gasteiger partial charge in [-0.15, -0.1) is 0 Å². The van der Waals surface area contributed by atoms with Crippen LogP contribution < -0.4 is 10.1 Å². The third kappa shape index (κ3) is 3.07. The van der Waals surface area contributed by atoms with Gasteiger partial charge in [0.05, 0.1) is 5.56 Å². The highest BCUT2D eigenvalue weighted by Gasteiger charge is 2.16. The van der Waals surface area contributed by atoms with Crippen LogP contribution in [0.4, 0.5) is 5.82 Å². The molecule has 0 unspecified atom stereocenters. The summed E-state index contributed by atoms with van der Waals surface area (Å²) < 4.78 is 6.00. The lowest BCUT2D eigenvalue weighted by molar-refractivity contribution is 0.448. The van der Waals surface area contributed by atoms with Crippen LogP contribution in [0.2, 0.25) is 0 Å². The monoisotopic (exact) mass is 271 g/mol. The van der Waals surface area contributed by atoms with Gasteiger partial charge in [-0.3, -0.25) is 0 Å². The summed E-state index contributed by atoms with van der Waals surface area (Å²) in [6, 6.07) is 7.94. The van der Waals surface area contributed by atoms with Gasteiger partial charge in [0, 0.05) is 6.54 Å². The number of hydrogen-bond donors (Lipinski definition) is 1. The van der Waals surface area contributed by atoms with Gasteiger partial charge in [-0.05, 0) is 31.4 Å². The van der Waals surface area contributed by atoms with E-state index in [1.165, 1.54) is 6.33 Å². The molecule has 0 amide bonds. The number of nitrogens with one attached hydrogen (secondary N) is 1. The number of hydrogen-bond acceptors (Lipinski definition) is 4. The number of rotatable bonds is 5. The van der Waals surface area contributed by atoms with E-state index in [0.717, 1.165) is 29.2 Å². The molecule has 0 fully saturated rings. The van der Waals surface area contributed by atoms with Crippen LogP contribution in [0, 0.1) is 6.92 Å². The van der Waals surface area contributed by atoms with Crippen molar-refractivity contribution in [1.82, 2.24) is 9.97 Å². The van der Waals surface area contributed by atoms with Crippen molar-refractivity contribution in [2.45, 2.75) is 33.6 Å². The fourth-order valence-electron chi connectivity index (χ4n) is 2.06. The van der Waals surface area contributed by atoms with Crippen LogP contribution in [0.3, 0.4) is 0 Å². The topological polar surface area (TPSA) is 47.0 Å². The maximum atomic E-state index is 6.00. The van der Waals surface area contributed by atoms with E-state index in [9.17, 15) is 0 Å². The average molecular weight is 271 g/mol. The van der Waals surface area contributed by atoms with Gasteiger partial charge in [0.2, 0.25) is 5.88 Å². The van der Waals surface area contributed by atoms with Gasteiger partial charge in [-0.1, -0.05) is 32.0 Å². The molecule has 0 bridgehead atoms. The highest BCUT2D eigenvalue weighted by atomic mass is 16.5. The van der Waals surface area contributed by atoms with E-state index >= 15 is 0 Å². The fourth-order valence-corrected chi connectivity index (χ4v) is 2.06. The first-order valence-corrected chi connectivity index (χ1v) is 6.95. The summed E-state index contributed by atoms with van der Waals surface area (Å²) in [4.78, 5) is 8.62. The Balaban J connectivity index is 2.41. The van der Waals surface area contributed by atoms with Crippen molar-refractivity contribution in [2.24, 2.45) is 0 Å². The molecule has 0 aliphatic heterocycles. The number of aryl methyl sites for hydroxylation is 1. The molecule has 106 valence electrons. The van der Waals surface area contributed by atoms with Crippen LogP contribution in [0.15, 0.2) is 30.6 Å². The first-order chi connectivity index (χ1) is 9.63. The molecule has 0 aliphatic rings. The number of aromatic nitrogens is 2. The normalized spacial score (nSPS) is 10.7. The second kappa shape index (κ2) is 6.37. The lowest BCUT2D eigenvalue weighted by Crippen LogP contribution is -2.07. The Hall–Kier alpha value is -2.10. The minimum Gasteiger partial charge on any atom is -0.438 e. The van der Waals surface area contributed by atoms with Gasteiger partial charge in [0.1, 0.15) is 17.9 Å². The number of para-hydroxylation sites is 1. The molecule has 2 rings (SSSR count). The first kappa shape index (κ1) is 14.3. The third-order valence-electron chi connectivity index (χ3n) is 3.07. The average Bonchev–Trinajstić information content (AvgIpc) is 2.41. The molecule has 0 atom stereocenters. The summed E-state index contributed by atoms with van der Waals surface area (Å²) in [5.74, 6) is 2.58. The Morgan fingerprint density at radius 3 is 2.60 bits per heavy atom. The largest absolute Gasteiger partial charge is 0.438 e. The van der Waals surface area contributed by atoms with E-state index in [2.05, 4.69) is 29.1 Å². The Bertz CT molecular complexity index is 582. The molecule has 20 heavy (non-hydrogen) atoms. The third-order valence-corrected chi connectivity index (χ3v) is 3.07. The summed E-state index contributed by atoms with van der Waals surface area (Å²) >= 11 is 0. The van der Waals surface area contributed by atoms with Gasteiger partial charge in [0.25, 0.3) is 0 Å². The maximum Gasteiger partial charge on any atom is 0.227 e. The molecule has 4 heteroatoms. The quantitative estimate of drug-likeness (QED) is 0.888. The van der Waals surface area contributed by atoms with Gasteiger partial charge in [0.15, 0.2) is 0 Å². The lowest BCUT2D eigenvalue weighted by Gasteiger charge is -2.17. The Morgan fingerprint density at radius 2 is 1.95 bits per heavy atom. The molecule has 0 radical (unpaired) electrons. The minimum absolute atomic E-state index is 0.282. The maximum absolute atomic E-state index is 6.00.